The molecular formula is C21H14ClN3O2. The molecule has 6 heteroatoms. The molecule has 0 radical (unpaired) electrons. The zero-order valence-electron chi connectivity index (χ0n) is 14.3. The van der Waals surface area contributed by atoms with Crippen molar-refractivity contribution in [2.24, 2.45) is 0 Å². The van der Waals surface area contributed by atoms with E-state index in [1.807, 2.05) is 37.3 Å². The lowest BCUT2D eigenvalue weighted by Gasteiger charge is -2.11. The molecule has 0 aliphatic rings. The van der Waals surface area contributed by atoms with Gasteiger partial charge < -0.3 is 10.1 Å². The van der Waals surface area contributed by atoms with Crippen LogP contribution in [0.15, 0.2) is 59.4 Å². The molecule has 5 nitrogen and oxygen atoms in total. The highest BCUT2D eigenvalue weighted by Crippen LogP contribution is 2.37. The SMILES string of the molecule is Cc1ccc(-n2c(Cl)cc3[nH]c(=O)c(-c4ccc(C#N)cc4)c(O)c32)cc1. The van der Waals surface area contributed by atoms with Crippen LogP contribution < -0.4 is 5.56 Å². The van der Waals surface area contributed by atoms with Crippen molar-refractivity contribution in [1.29, 1.82) is 5.26 Å². The maximum atomic E-state index is 12.6. The number of aromatic hydroxyl groups is 1. The van der Waals surface area contributed by atoms with Crippen molar-refractivity contribution in [3.63, 3.8) is 0 Å². The van der Waals surface area contributed by atoms with Gasteiger partial charge in [-0.15, -0.1) is 0 Å². The number of nitrogens with zero attached hydrogens (tertiary/aromatic N) is 2. The number of nitrogens with one attached hydrogen (secondary N) is 1. The van der Waals surface area contributed by atoms with E-state index in [-0.39, 0.29) is 11.3 Å². The van der Waals surface area contributed by atoms with Crippen molar-refractivity contribution in [3.8, 4) is 28.6 Å². The van der Waals surface area contributed by atoms with E-state index < -0.39 is 5.56 Å². The van der Waals surface area contributed by atoms with Crippen LogP contribution in [0.2, 0.25) is 5.15 Å². The van der Waals surface area contributed by atoms with Gasteiger partial charge in [0, 0.05) is 5.69 Å². The molecule has 0 atom stereocenters. The molecular weight excluding hydrogens is 362 g/mol. The van der Waals surface area contributed by atoms with Gasteiger partial charge in [-0.05, 0) is 42.8 Å². The molecule has 27 heavy (non-hydrogen) atoms. The van der Waals surface area contributed by atoms with Gasteiger partial charge in [-0.25, -0.2) is 0 Å². The minimum atomic E-state index is -0.428. The van der Waals surface area contributed by atoms with Crippen molar-refractivity contribution in [1.82, 2.24) is 9.55 Å². The predicted octanol–water partition coefficient (Wildman–Crippen LogP) is 4.52. The average Bonchev–Trinajstić information content (AvgIpc) is 2.99. The molecule has 0 bridgehead atoms. The zero-order valence-corrected chi connectivity index (χ0v) is 15.1. The van der Waals surface area contributed by atoms with E-state index >= 15 is 0 Å². The summed E-state index contributed by atoms with van der Waals surface area (Å²) in [5, 5.41) is 20.3. The van der Waals surface area contributed by atoms with Gasteiger partial charge in [0.2, 0.25) is 0 Å². The number of rotatable bonds is 2. The number of aromatic amines is 1. The minimum Gasteiger partial charge on any atom is -0.505 e. The summed E-state index contributed by atoms with van der Waals surface area (Å²) in [6, 6.07) is 17.8. The second kappa shape index (κ2) is 6.35. The van der Waals surface area contributed by atoms with Crippen molar-refractivity contribution in [2.45, 2.75) is 6.92 Å². The first-order valence-electron chi connectivity index (χ1n) is 8.23. The molecule has 0 fully saturated rings. The summed E-state index contributed by atoms with van der Waals surface area (Å²) in [6.45, 7) is 1.98. The number of aryl methyl sites for hydroxylation is 1. The first-order valence-corrected chi connectivity index (χ1v) is 8.61. The summed E-state index contributed by atoms with van der Waals surface area (Å²) < 4.78 is 1.69. The van der Waals surface area contributed by atoms with E-state index in [2.05, 4.69) is 4.98 Å². The maximum Gasteiger partial charge on any atom is 0.260 e. The van der Waals surface area contributed by atoms with E-state index in [0.29, 0.717) is 27.3 Å². The predicted molar refractivity (Wildman–Crippen MR) is 105 cm³/mol. The van der Waals surface area contributed by atoms with Crippen molar-refractivity contribution in [2.75, 3.05) is 0 Å². The van der Waals surface area contributed by atoms with E-state index in [1.165, 1.54) is 0 Å². The van der Waals surface area contributed by atoms with Gasteiger partial charge in [0.25, 0.3) is 5.56 Å². The lowest BCUT2D eigenvalue weighted by Crippen LogP contribution is -2.09. The third-order valence-electron chi connectivity index (χ3n) is 4.49. The number of hydrogen-bond acceptors (Lipinski definition) is 3. The topological polar surface area (TPSA) is 81.8 Å². The highest BCUT2D eigenvalue weighted by molar-refractivity contribution is 6.31. The molecule has 0 amide bonds. The molecule has 4 aromatic rings. The second-order valence-electron chi connectivity index (χ2n) is 6.27. The zero-order chi connectivity index (χ0) is 19.1. The van der Waals surface area contributed by atoms with Crippen LogP contribution in [0.1, 0.15) is 11.1 Å². The fraction of sp³-hybridized carbons (Fsp3) is 0.0476. The summed E-state index contributed by atoms with van der Waals surface area (Å²) in [6.07, 6.45) is 0. The highest BCUT2D eigenvalue weighted by Gasteiger charge is 2.20. The number of hydrogen-bond donors (Lipinski definition) is 2. The van der Waals surface area contributed by atoms with E-state index in [4.69, 9.17) is 16.9 Å². The van der Waals surface area contributed by atoms with Crippen LogP contribution in [-0.2, 0) is 0 Å². The Kier molecular flexibility index (Phi) is 3.98. The molecule has 0 aliphatic heterocycles. The van der Waals surface area contributed by atoms with E-state index in [9.17, 15) is 9.90 Å². The first-order chi connectivity index (χ1) is 13.0. The Bertz CT molecular complexity index is 1260. The number of aromatic nitrogens is 2. The Morgan fingerprint density at radius 3 is 2.41 bits per heavy atom. The monoisotopic (exact) mass is 375 g/mol. The lowest BCUT2D eigenvalue weighted by atomic mass is 10.0. The number of fused-ring (bicyclic) bond motifs is 1. The van der Waals surface area contributed by atoms with Gasteiger partial charge >= 0.3 is 0 Å². The molecule has 2 N–H and O–H groups in total. The summed E-state index contributed by atoms with van der Waals surface area (Å²) in [5.41, 5.74) is 3.43. The van der Waals surface area contributed by atoms with Crippen LogP contribution in [-0.4, -0.2) is 14.7 Å². The Labute approximate surface area is 159 Å². The largest absolute Gasteiger partial charge is 0.505 e. The van der Waals surface area contributed by atoms with E-state index in [1.54, 1.807) is 34.9 Å². The van der Waals surface area contributed by atoms with Crippen LogP contribution in [0.5, 0.6) is 5.75 Å². The van der Waals surface area contributed by atoms with Crippen molar-refractivity contribution < 1.29 is 5.11 Å². The second-order valence-corrected chi connectivity index (χ2v) is 6.65. The number of pyridine rings is 1. The third kappa shape index (κ3) is 2.77. The quantitative estimate of drug-likeness (QED) is 0.540. The van der Waals surface area contributed by atoms with Gasteiger partial charge in [0.1, 0.15) is 10.7 Å². The smallest absolute Gasteiger partial charge is 0.260 e. The molecule has 0 unspecified atom stereocenters. The molecule has 0 saturated carbocycles. The molecule has 132 valence electrons. The molecule has 0 aliphatic carbocycles. The fourth-order valence-corrected chi connectivity index (χ4v) is 3.44. The van der Waals surface area contributed by atoms with E-state index in [0.717, 1.165) is 11.3 Å². The molecule has 2 aromatic carbocycles. The van der Waals surface area contributed by atoms with Crippen LogP contribution in [0, 0.1) is 18.3 Å². The summed E-state index contributed by atoms with van der Waals surface area (Å²) in [5.74, 6) is -0.161. The summed E-state index contributed by atoms with van der Waals surface area (Å²) >= 11 is 6.40. The molecule has 2 aromatic heterocycles. The number of benzene rings is 2. The van der Waals surface area contributed by atoms with Gasteiger partial charge in [-0.2, -0.15) is 5.26 Å². The molecule has 2 heterocycles. The Balaban J connectivity index is 2.02. The molecule has 4 rings (SSSR count). The van der Waals surface area contributed by atoms with Crippen LogP contribution in [0.25, 0.3) is 27.8 Å². The van der Waals surface area contributed by atoms with Gasteiger partial charge in [-0.1, -0.05) is 41.4 Å². The molecule has 0 spiro atoms. The number of H-pyrrole nitrogens is 1. The van der Waals surface area contributed by atoms with Gasteiger partial charge in [-0.3, -0.25) is 9.36 Å². The Morgan fingerprint density at radius 1 is 1.11 bits per heavy atom. The Morgan fingerprint density at radius 2 is 1.78 bits per heavy atom. The van der Waals surface area contributed by atoms with Gasteiger partial charge in [0.05, 0.1) is 22.7 Å². The highest BCUT2D eigenvalue weighted by atomic mass is 35.5. The standard InChI is InChI=1S/C21H14ClN3O2/c1-12-2-8-15(9-3-12)25-17(22)10-16-19(25)20(26)18(21(27)24-16)14-6-4-13(11-23)5-7-14/h2-10H,1H3,(H2,24,26,27). The van der Waals surface area contributed by atoms with Crippen LogP contribution >= 0.6 is 11.6 Å². The lowest BCUT2D eigenvalue weighted by molar-refractivity contribution is 0.480. The van der Waals surface area contributed by atoms with Crippen LogP contribution in [0.4, 0.5) is 0 Å². The number of nitriles is 1. The van der Waals surface area contributed by atoms with Crippen LogP contribution in [0.3, 0.4) is 0 Å². The fourth-order valence-electron chi connectivity index (χ4n) is 3.14. The normalized spacial score (nSPS) is 10.9. The summed E-state index contributed by atoms with van der Waals surface area (Å²) in [7, 11) is 0. The Hall–Kier alpha value is -3.49. The summed E-state index contributed by atoms with van der Waals surface area (Å²) in [4.78, 5) is 15.4. The average molecular weight is 376 g/mol. The van der Waals surface area contributed by atoms with Crippen molar-refractivity contribution >= 4 is 22.6 Å². The number of halogens is 1. The minimum absolute atomic E-state index is 0.134. The molecule has 0 saturated heterocycles. The first kappa shape index (κ1) is 17.0. The third-order valence-corrected chi connectivity index (χ3v) is 4.77. The maximum absolute atomic E-state index is 12.6. The van der Waals surface area contributed by atoms with Crippen molar-refractivity contribution in [3.05, 3.63) is 81.2 Å². The van der Waals surface area contributed by atoms with Gasteiger partial charge in [0.15, 0.2) is 5.75 Å².